The molecule has 0 atom stereocenters. The number of phosphoric acid groups is 1. The van der Waals surface area contributed by atoms with Crippen molar-refractivity contribution in [3.05, 3.63) is 0 Å². The molecule has 22 heavy (non-hydrogen) atoms. The summed E-state index contributed by atoms with van der Waals surface area (Å²) in [5.41, 5.74) is 0. The van der Waals surface area contributed by atoms with Crippen molar-refractivity contribution >= 4 is 15.1 Å². The lowest BCUT2D eigenvalue weighted by Crippen LogP contribution is -2.07. The lowest BCUT2D eigenvalue weighted by Gasteiger charge is -2.22. The standard InChI is InChI=1S/C13H30P.C3H9O4P/c1-5-8-11-14(4,12-9-6-2)13-10-7-3;1-2-3-7-8(4,5)6/h5-13H2,1-4H3;2-3H2,1H3,(H2,4,5,6)/q+1;. The Bertz CT molecular complexity index is 258. The van der Waals surface area contributed by atoms with Gasteiger partial charge in [-0.05, 0) is 25.7 Å². The Morgan fingerprint density at radius 1 is 0.818 bits per heavy atom. The summed E-state index contributed by atoms with van der Waals surface area (Å²) in [6.45, 7) is 11.5. The zero-order chi connectivity index (χ0) is 17.5. The fraction of sp³-hybridized carbons (Fsp3) is 1.00. The molecule has 0 amide bonds. The quantitative estimate of drug-likeness (QED) is 0.450. The molecule has 0 heterocycles. The molecule has 0 saturated carbocycles. The molecule has 0 fully saturated rings. The Balaban J connectivity index is 0. The predicted molar refractivity (Wildman–Crippen MR) is 100 cm³/mol. The van der Waals surface area contributed by atoms with Crippen molar-refractivity contribution in [2.45, 2.75) is 72.6 Å². The fourth-order valence-corrected chi connectivity index (χ4v) is 6.50. The van der Waals surface area contributed by atoms with Gasteiger partial charge in [0.25, 0.3) is 0 Å². The molecule has 0 radical (unpaired) electrons. The van der Waals surface area contributed by atoms with Crippen LogP contribution < -0.4 is 0 Å². The SMILES string of the molecule is CCCC[P+](C)(CCCC)CCCC.CCCOP(=O)(O)O. The molecule has 4 nitrogen and oxygen atoms in total. The van der Waals surface area contributed by atoms with Crippen LogP contribution in [0.4, 0.5) is 0 Å². The number of hydrogen-bond acceptors (Lipinski definition) is 2. The highest BCUT2D eigenvalue weighted by Gasteiger charge is 2.28. The van der Waals surface area contributed by atoms with E-state index in [9.17, 15) is 4.57 Å². The molecule has 0 aliphatic carbocycles. The van der Waals surface area contributed by atoms with Crippen molar-refractivity contribution in [3.63, 3.8) is 0 Å². The minimum Gasteiger partial charge on any atom is -0.303 e. The van der Waals surface area contributed by atoms with Crippen molar-refractivity contribution in [2.75, 3.05) is 31.8 Å². The minimum atomic E-state index is -4.18. The van der Waals surface area contributed by atoms with Gasteiger partial charge in [0.05, 0.1) is 25.1 Å². The maximum Gasteiger partial charge on any atom is 0.469 e. The number of phosphoric ester groups is 1. The summed E-state index contributed by atoms with van der Waals surface area (Å²) in [6, 6.07) is 0. The van der Waals surface area contributed by atoms with Gasteiger partial charge in [0.2, 0.25) is 0 Å². The summed E-state index contributed by atoms with van der Waals surface area (Å²) < 4.78 is 13.9. The first-order valence-corrected chi connectivity index (χ1v) is 13.1. The van der Waals surface area contributed by atoms with E-state index in [0.717, 1.165) is 0 Å². The first kappa shape index (κ1) is 24.8. The Kier molecular flexibility index (Phi) is 17.0. The van der Waals surface area contributed by atoms with Crippen LogP contribution >= 0.6 is 15.1 Å². The second kappa shape index (κ2) is 15.1. The van der Waals surface area contributed by atoms with Crippen molar-refractivity contribution in [2.24, 2.45) is 0 Å². The van der Waals surface area contributed by atoms with Crippen LogP contribution in [-0.4, -0.2) is 41.5 Å². The van der Waals surface area contributed by atoms with E-state index in [1.807, 2.05) is 0 Å². The van der Waals surface area contributed by atoms with E-state index in [2.05, 4.69) is 32.0 Å². The van der Waals surface area contributed by atoms with Gasteiger partial charge in [0, 0.05) is 13.9 Å². The molecule has 0 bridgehead atoms. The van der Waals surface area contributed by atoms with Gasteiger partial charge in [-0.15, -0.1) is 0 Å². The summed E-state index contributed by atoms with van der Waals surface area (Å²) in [5.74, 6) is 0. The average molecular weight is 357 g/mol. The maximum absolute atomic E-state index is 9.86. The van der Waals surface area contributed by atoms with Gasteiger partial charge < -0.3 is 9.79 Å². The van der Waals surface area contributed by atoms with E-state index >= 15 is 0 Å². The van der Waals surface area contributed by atoms with Crippen LogP contribution in [-0.2, 0) is 9.09 Å². The molecule has 0 aromatic heterocycles. The first-order valence-electron chi connectivity index (χ1n) is 8.78. The van der Waals surface area contributed by atoms with Crippen LogP contribution in [0.1, 0.15) is 72.6 Å². The number of unbranched alkanes of at least 4 members (excludes halogenated alkanes) is 3. The smallest absolute Gasteiger partial charge is 0.303 e. The summed E-state index contributed by atoms with van der Waals surface area (Å²) in [7, 11) is -4.70. The Morgan fingerprint density at radius 3 is 1.36 bits per heavy atom. The van der Waals surface area contributed by atoms with Gasteiger partial charge in [-0.2, -0.15) is 0 Å². The van der Waals surface area contributed by atoms with E-state index < -0.39 is 15.1 Å². The zero-order valence-electron chi connectivity index (χ0n) is 15.4. The number of hydrogen-bond donors (Lipinski definition) is 2. The van der Waals surface area contributed by atoms with Gasteiger partial charge in [0.15, 0.2) is 0 Å². The van der Waals surface area contributed by atoms with Crippen LogP contribution in [0, 0.1) is 0 Å². The van der Waals surface area contributed by atoms with Crippen LogP contribution in [0.25, 0.3) is 0 Å². The lowest BCUT2D eigenvalue weighted by atomic mass is 10.4. The molecular formula is C16H39O4P2+. The Hall–Kier alpha value is 0.540. The second-order valence-electron chi connectivity index (χ2n) is 6.17. The largest absolute Gasteiger partial charge is 0.469 e. The van der Waals surface area contributed by atoms with Crippen LogP contribution in [0.3, 0.4) is 0 Å². The normalized spacial score (nSPS) is 12.0. The molecule has 136 valence electrons. The molecule has 0 unspecified atom stereocenters. The summed E-state index contributed by atoms with van der Waals surface area (Å²) in [5, 5.41) is 0. The summed E-state index contributed by atoms with van der Waals surface area (Å²) in [4.78, 5) is 16.1. The third-order valence-corrected chi connectivity index (χ3v) is 8.32. The third kappa shape index (κ3) is 18.6. The molecule has 0 saturated heterocycles. The Morgan fingerprint density at radius 2 is 1.18 bits per heavy atom. The lowest BCUT2D eigenvalue weighted by molar-refractivity contribution is 0.197. The van der Waals surface area contributed by atoms with E-state index in [4.69, 9.17) is 9.79 Å². The minimum absolute atomic E-state index is 0.115. The van der Waals surface area contributed by atoms with Gasteiger partial charge in [-0.3, -0.25) is 4.52 Å². The second-order valence-corrected chi connectivity index (χ2v) is 12.0. The molecule has 2 N–H and O–H groups in total. The highest BCUT2D eigenvalue weighted by Crippen LogP contribution is 2.57. The first-order chi connectivity index (χ1) is 10.2. The fourth-order valence-electron chi connectivity index (χ4n) is 2.17. The van der Waals surface area contributed by atoms with Crippen LogP contribution in [0.2, 0.25) is 0 Å². The molecular weight excluding hydrogens is 318 g/mol. The van der Waals surface area contributed by atoms with Crippen molar-refractivity contribution in [3.8, 4) is 0 Å². The number of rotatable bonds is 12. The van der Waals surface area contributed by atoms with Gasteiger partial charge in [-0.1, -0.05) is 47.0 Å². The molecule has 0 aliphatic heterocycles. The topological polar surface area (TPSA) is 66.8 Å². The van der Waals surface area contributed by atoms with E-state index in [1.54, 1.807) is 25.4 Å². The molecule has 6 heteroatoms. The highest BCUT2D eigenvalue weighted by atomic mass is 31.2. The van der Waals surface area contributed by atoms with E-state index in [0.29, 0.717) is 6.42 Å². The molecule has 0 aromatic carbocycles. The van der Waals surface area contributed by atoms with Crippen LogP contribution in [0.15, 0.2) is 0 Å². The maximum atomic E-state index is 9.86. The molecule has 0 spiro atoms. The van der Waals surface area contributed by atoms with Gasteiger partial charge >= 0.3 is 7.82 Å². The zero-order valence-corrected chi connectivity index (χ0v) is 17.2. The monoisotopic (exact) mass is 357 g/mol. The third-order valence-electron chi connectivity index (χ3n) is 3.62. The van der Waals surface area contributed by atoms with E-state index in [-0.39, 0.29) is 6.61 Å². The van der Waals surface area contributed by atoms with Crippen LogP contribution in [0.5, 0.6) is 0 Å². The van der Waals surface area contributed by atoms with Crippen molar-refractivity contribution in [1.29, 1.82) is 0 Å². The summed E-state index contributed by atoms with van der Waals surface area (Å²) >= 11 is 0. The highest BCUT2D eigenvalue weighted by molar-refractivity contribution is 7.75. The van der Waals surface area contributed by atoms with Crippen molar-refractivity contribution < 1.29 is 18.9 Å². The van der Waals surface area contributed by atoms with Crippen molar-refractivity contribution in [1.82, 2.24) is 0 Å². The van der Waals surface area contributed by atoms with Gasteiger partial charge in [0.1, 0.15) is 0 Å². The van der Waals surface area contributed by atoms with Gasteiger partial charge in [-0.25, -0.2) is 4.57 Å². The molecule has 0 aromatic rings. The summed E-state index contributed by atoms with van der Waals surface area (Å²) in [6.07, 6.45) is 13.9. The molecule has 0 aliphatic rings. The predicted octanol–water partition coefficient (Wildman–Crippen LogP) is 5.54. The van der Waals surface area contributed by atoms with E-state index in [1.165, 1.54) is 38.5 Å². The molecule has 0 rings (SSSR count). The average Bonchev–Trinajstić information content (AvgIpc) is 2.47. The Labute approximate surface area is 139 Å².